The van der Waals surface area contributed by atoms with Gasteiger partial charge in [0.05, 0.1) is 5.52 Å². The van der Waals surface area contributed by atoms with Crippen molar-refractivity contribution in [2.45, 2.75) is 26.3 Å². The van der Waals surface area contributed by atoms with Gasteiger partial charge in [0.2, 0.25) is 0 Å². The number of fused-ring (bicyclic) bond motifs is 1. The van der Waals surface area contributed by atoms with Crippen LogP contribution in [0.2, 0.25) is 5.15 Å². The Hall–Kier alpha value is -1.62. The second-order valence-electron chi connectivity index (χ2n) is 4.77. The number of aromatic amines is 1. The normalized spacial score (nSPS) is 12.0. The Morgan fingerprint density at radius 2 is 1.94 bits per heavy atom. The first-order valence-electron chi connectivity index (χ1n) is 5.13. The predicted octanol–water partition coefficient (Wildman–Crippen LogP) is 1.49. The zero-order valence-electron chi connectivity index (χ0n) is 9.74. The van der Waals surface area contributed by atoms with E-state index in [0.29, 0.717) is 11.2 Å². The van der Waals surface area contributed by atoms with Crippen LogP contribution in [0.15, 0.2) is 21.7 Å². The van der Waals surface area contributed by atoms with Crippen LogP contribution in [-0.4, -0.2) is 14.5 Å². The summed E-state index contributed by atoms with van der Waals surface area (Å²) >= 11 is 5.81. The third-order valence-corrected chi connectivity index (χ3v) is 2.58. The maximum absolute atomic E-state index is 11.9. The average Bonchev–Trinajstić information content (AvgIpc) is 2.18. The molecule has 90 valence electrons. The van der Waals surface area contributed by atoms with Gasteiger partial charge in [0.15, 0.2) is 5.65 Å². The minimum Gasteiger partial charge on any atom is -0.315 e. The van der Waals surface area contributed by atoms with Crippen molar-refractivity contribution >= 4 is 22.8 Å². The number of hydrogen-bond donors (Lipinski definition) is 1. The van der Waals surface area contributed by atoms with E-state index in [9.17, 15) is 9.59 Å². The average molecular weight is 254 g/mol. The van der Waals surface area contributed by atoms with Gasteiger partial charge in [-0.3, -0.25) is 14.2 Å². The fourth-order valence-electron chi connectivity index (χ4n) is 1.69. The molecule has 0 radical (unpaired) electrons. The van der Waals surface area contributed by atoms with Gasteiger partial charge < -0.3 is 4.98 Å². The molecular formula is C11H12ClN3O2. The molecule has 0 unspecified atom stereocenters. The van der Waals surface area contributed by atoms with Gasteiger partial charge in [0.25, 0.3) is 0 Å². The summed E-state index contributed by atoms with van der Waals surface area (Å²) in [6.07, 6.45) is 0. The van der Waals surface area contributed by atoms with Crippen LogP contribution >= 0.6 is 11.6 Å². The minimum absolute atomic E-state index is 0.280. The Kier molecular flexibility index (Phi) is 2.58. The number of halogens is 1. The molecule has 0 amide bonds. The van der Waals surface area contributed by atoms with Gasteiger partial charge in [0.1, 0.15) is 5.15 Å². The summed E-state index contributed by atoms with van der Waals surface area (Å²) in [6, 6.07) is 3.20. The van der Waals surface area contributed by atoms with Crippen LogP contribution in [0.25, 0.3) is 11.2 Å². The van der Waals surface area contributed by atoms with Gasteiger partial charge in [-0.25, -0.2) is 4.98 Å². The number of nitrogens with one attached hydrogen (secondary N) is 1. The number of nitrogens with zero attached hydrogens (tertiary/aromatic N) is 2. The van der Waals surface area contributed by atoms with Crippen LogP contribution in [0.3, 0.4) is 0 Å². The highest BCUT2D eigenvalue weighted by Gasteiger charge is 2.20. The zero-order chi connectivity index (χ0) is 12.8. The summed E-state index contributed by atoms with van der Waals surface area (Å²) in [6.45, 7) is 5.49. The number of aromatic nitrogens is 3. The minimum atomic E-state index is -0.656. The highest BCUT2D eigenvalue weighted by molar-refractivity contribution is 6.29. The highest BCUT2D eigenvalue weighted by Crippen LogP contribution is 2.17. The molecule has 0 atom stereocenters. The van der Waals surface area contributed by atoms with Crippen LogP contribution in [0.4, 0.5) is 0 Å². The smallest absolute Gasteiger partial charge is 0.315 e. The van der Waals surface area contributed by atoms with E-state index in [4.69, 9.17) is 11.6 Å². The van der Waals surface area contributed by atoms with E-state index in [2.05, 4.69) is 9.97 Å². The fraction of sp³-hybridized carbons (Fsp3) is 0.364. The van der Waals surface area contributed by atoms with Gasteiger partial charge >= 0.3 is 11.1 Å². The monoisotopic (exact) mass is 253 g/mol. The number of H-pyrrole nitrogens is 1. The number of pyridine rings is 1. The molecule has 6 heteroatoms. The molecule has 0 bridgehead atoms. The summed E-state index contributed by atoms with van der Waals surface area (Å²) in [7, 11) is 0. The quantitative estimate of drug-likeness (QED) is 0.571. The summed E-state index contributed by atoms with van der Waals surface area (Å²) in [4.78, 5) is 30.0. The molecule has 17 heavy (non-hydrogen) atoms. The van der Waals surface area contributed by atoms with E-state index in [0.717, 1.165) is 0 Å². The first-order chi connectivity index (χ1) is 7.80. The lowest BCUT2D eigenvalue weighted by molar-refractivity contribution is 0.393. The second-order valence-corrected chi connectivity index (χ2v) is 5.16. The molecule has 5 nitrogen and oxygen atoms in total. The number of hydrogen-bond acceptors (Lipinski definition) is 3. The molecule has 2 aromatic heterocycles. The van der Waals surface area contributed by atoms with Gasteiger partial charge in [-0.2, -0.15) is 0 Å². The lowest BCUT2D eigenvalue weighted by Crippen LogP contribution is -2.43. The standard InChI is InChI=1S/C11H12ClN3O2/c1-11(2,3)15-8-6(4-5-7(12)14-8)13-9(16)10(15)17/h4-5H,1-3H3,(H,13,16). The van der Waals surface area contributed by atoms with Crippen molar-refractivity contribution < 1.29 is 0 Å². The zero-order valence-corrected chi connectivity index (χ0v) is 10.5. The lowest BCUT2D eigenvalue weighted by atomic mass is 10.1. The van der Waals surface area contributed by atoms with Crippen LogP contribution in [-0.2, 0) is 5.54 Å². The molecule has 0 aliphatic carbocycles. The van der Waals surface area contributed by atoms with Crippen LogP contribution in [0, 0.1) is 0 Å². The lowest BCUT2D eigenvalue weighted by Gasteiger charge is -2.23. The largest absolute Gasteiger partial charge is 0.318 e. The van der Waals surface area contributed by atoms with E-state index in [-0.39, 0.29) is 5.15 Å². The van der Waals surface area contributed by atoms with Gasteiger partial charge in [-0.15, -0.1) is 0 Å². The molecule has 0 spiro atoms. The van der Waals surface area contributed by atoms with E-state index in [1.54, 1.807) is 12.1 Å². The third-order valence-electron chi connectivity index (χ3n) is 2.37. The van der Waals surface area contributed by atoms with Crippen molar-refractivity contribution in [3.8, 4) is 0 Å². The fourth-order valence-corrected chi connectivity index (χ4v) is 1.83. The van der Waals surface area contributed by atoms with E-state index < -0.39 is 16.7 Å². The molecule has 0 saturated heterocycles. The van der Waals surface area contributed by atoms with Crippen molar-refractivity contribution in [2.24, 2.45) is 0 Å². The molecule has 1 N–H and O–H groups in total. The molecule has 0 aromatic carbocycles. The summed E-state index contributed by atoms with van der Waals surface area (Å²) < 4.78 is 1.35. The van der Waals surface area contributed by atoms with Crippen molar-refractivity contribution in [3.05, 3.63) is 38.0 Å². The topological polar surface area (TPSA) is 67.8 Å². The van der Waals surface area contributed by atoms with Gasteiger partial charge in [0, 0.05) is 5.54 Å². The molecule has 0 aliphatic rings. The van der Waals surface area contributed by atoms with Gasteiger partial charge in [-0.1, -0.05) is 11.6 Å². The summed E-state index contributed by atoms with van der Waals surface area (Å²) in [5, 5.41) is 0.280. The molecule has 2 rings (SSSR count). The van der Waals surface area contributed by atoms with Gasteiger partial charge in [-0.05, 0) is 32.9 Å². The molecule has 0 aliphatic heterocycles. The Morgan fingerprint density at radius 1 is 1.29 bits per heavy atom. The van der Waals surface area contributed by atoms with Crippen LogP contribution in [0.5, 0.6) is 0 Å². The maximum Gasteiger partial charge on any atom is 0.318 e. The second kappa shape index (κ2) is 3.70. The maximum atomic E-state index is 11.9. The molecular weight excluding hydrogens is 242 g/mol. The summed E-state index contributed by atoms with van der Waals surface area (Å²) in [5.41, 5.74) is -0.943. The van der Waals surface area contributed by atoms with Crippen molar-refractivity contribution in [1.29, 1.82) is 0 Å². The van der Waals surface area contributed by atoms with E-state index >= 15 is 0 Å². The Morgan fingerprint density at radius 3 is 2.53 bits per heavy atom. The van der Waals surface area contributed by atoms with E-state index in [1.807, 2.05) is 20.8 Å². The number of rotatable bonds is 0. The Labute approximate surface area is 102 Å². The van der Waals surface area contributed by atoms with Crippen LogP contribution in [0.1, 0.15) is 20.8 Å². The van der Waals surface area contributed by atoms with Crippen molar-refractivity contribution in [1.82, 2.24) is 14.5 Å². The predicted molar refractivity (Wildman–Crippen MR) is 66.6 cm³/mol. The Bertz CT molecular complexity index is 694. The van der Waals surface area contributed by atoms with Crippen molar-refractivity contribution in [2.75, 3.05) is 0 Å². The first-order valence-corrected chi connectivity index (χ1v) is 5.50. The SMILES string of the molecule is CC(C)(C)n1c(=O)c(=O)[nH]c2ccc(Cl)nc21. The van der Waals surface area contributed by atoms with Crippen LogP contribution < -0.4 is 11.1 Å². The van der Waals surface area contributed by atoms with Crippen molar-refractivity contribution in [3.63, 3.8) is 0 Å². The molecule has 0 fully saturated rings. The molecule has 2 aromatic rings. The third kappa shape index (κ3) is 1.98. The van der Waals surface area contributed by atoms with E-state index in [1.165, 1.54) is 4.57 Å². The summed E-state index contributed by atoms with van der Waals surface area (Å²) in [5.74, 6) is 0. The Balaban J connectivity index is 3.06. The first kappa shape index (κ1) is 11.9. The highest BCUT2D eigenvalue weighted by atomic mass is 35.5. The molecule has 0 saturated carbocycles. The molecule has 2 heterocycles.